The van der Waals surface area contributed by atoms with Crippen LogP contribution in [0.4, 0.5) is 0 Å². The van der Waals surface area contributed by atoms with Gasteiger partial charge in [-0.15, -0.1) is 0 Å². The van der Waals surface area contributed by atoms with Gasteiger partial charge in [0.15, 0.2) is 0 Å². The molecule has 0 aliphatic heterocycles. The number of aryl methyl sites for hydroxylation is 1. The molecule has 0 aliphatic rings. The summed E-state index contributed by atoms with van der Waals surface area (Å²) in [5.74, 6) is 0.648. The number of rotatable bonds is 5. The van der Waals surface area contributed by atoms with E-state index in [2.05, 4.69) is 57.1 Å². The molecule has 2 unspecified atom stereocenters. The summed E-state index contributed by atoms with van der Waals surface area (Å²) in [7, 11) is 2.00. The first-order valence-electron chi connectivity index (χ1n) is 7.92. The van der Waals surface area contributed by atoms with E-state index in [9.17, 15) is 0 Å². The van der Waals surface area contributed by atoms with Crippen LogP contribution in [-0.2, 0) is 13.5 Å². The lowest BCUT2D eigenvalue weighted by atomic mass is 9.82. The molecule has 0 radical (unpaired) electrons. The topological polar surface area (TPSA) is 43.8 Å². The fraction of sp³-hybridized carbons (Fsp3) is 0.611. The van der Waals surface area contributed by atoms with Crippen LogP contribution in [0.25, 0.3) is 10.9 Å². The summed E-state index contributed by atoms with van der Waals surface area (Å²) < 4.78 is 1.95. The van der Waals surface area contributed by atoms with Gasteiger partial charge in [-0.05, 0) is 30.2 Å². The highest BCUT2D eigenvalue weighted by atomic mass is 15.3. The second-order valence-electron chi connectivity index (χ2n) is 7.66. The number of benzene rings is 1. The highest BCUT2D eigenvalue weighted by Crippen LogP contribution is 2.27. The lowest BCUT2D eigenvalue weighted by Crippen LogP contribution is -2.27. The number of fused-ring (bicyclic) bond motifs is 1. The number of nitrogens with zero attached hydrogens (tertiary/aromatic N) is 2. The van der Waals surface area contributed by atoms with Gasteiger partial charge in [-0.1, -0.05) is 45.9 Å². The Morgan fingerprint density at radius 3 is 2.57 bits per heavy atom. The van der Waals surface area contributed by atoms with Crippen LogP contribution in [0.3, 0.4) is 0 Å². The molecular weight excluding hydrogens is 258 g/mol. The maximum atomic E-state index is 6.38. The predicted molar refractivity (Wildman–Crippen MR) is 90.2 cm³/mol. The Kier molecular flexibility index (Phi) is 4.72. The molecule has 0 saturated heterocycles. The third-order valence-corrected chi connectivity index (χ3v) is 3.96. The van der Waals surface area contributed by atoms with Crippen LogP contribution < -0.4 is 5.73 Å². The molecule has 2 atom stereocenters. The molecule has 0 bridgehead atoms. The predicted octanol–water partition coefficient (Wildman–Crippen LogP) is 3.91. The zero-order valence-electron chi connectivity index (χ0n) is 14.1. The van der Waals surface area contributed by atoms with Crippen LogP contribution in [0.1, 0.15) is 46.2 Å². The third kappa shape index (κ3) is 4.31. The summed E-state index contributed by atoms with van der Waals surface area (Å²) in [5.41, 5.74) is 9.06. The van der Waals surface area contributed by atoms with Crippen molar-refractivity contribution in [3.63, 3.8) is 0 Å². The van der Waals surface area contributed by atoms with E-state index in [1.807, 2.05) is 11.7 Å². The first kappa shape index (κ1) is 16.0. The third-order valence-electron chi connectivity index (χ3n) is 3.96. The minimum Gasteiger partial charge on any atom is -0.327 e. The Labute approximate surface area is 128 Å². The van der Waals surface area contributed by atoms with Crippen LogP contribution in [0.15, 0.2) is 24.3 Å². The fourth-order valence-corrected chi connectivity index (χ4v) is 3.42. The number of hydrogen-bond donors (Lipinski definition) is 1. The highest BCUT2D eigenvalue weighted by Gasteiger charge is 2.19. The summed E-state index contributed by atoms with van der Waals surface area (Å²) in [6.45, 7) is 9.19. The van der Waals surface area contributed by atoms with Crippen LogP contribution in [0.2, 0.25) is 0 Å². The summed E-state index contributed by atoms with van der Waals surface area (Å²) in [6.07, 6.45) is 3.13. The maximum absolute atomic E-state index is 6.38. The van der Waals surface area contributed by atoms with Crippen LogP contribution in [0.5, 0.6) is 0 Å². The van der Waals surface area contributed by atoms with Crippen molar-refractivity contribution >= 4 is 10.9 Å². The van der Waals surface area contributed by atoms with E-state index in [0.29, 0.717) is 11.3 Å². The Morgan fingerprint density at radius 2 is 1.90 bits per heavy atom. The molecule has 0 spiro atoms. The molecule has 1 aromatic heterocycles. The Bertz CT molecular complexity index is 592. The molecule has 1 aromatic carbocycles. The minimum absolute atomic E-state index is 0.181. The van der Waals surface area contributed by atoms with E-state index < -0.39 is 0 Å². The monoisotopic (exact) mass is 287 g/mol. The van der Waals surface area contributed by atoms with Crippen molar-refractivity contribution in [3.05, 3.63) is 30.0 Å². The first-order valence-corrected chi connectivity index (χ1v) is 7.92. The van der Waals surface area contributed by atoms with E-state index in [-0.39, 0.29) is 6.04 Å². The average molecular weight is 287 g/mol. The van der Waals surface area contributed by atoms with E-state index in [1.165, 1.54) is 17.3 Å². The quantitative estimate of drug-likeness (QED) is 0.906. The van der Waals surface area contributed by atoms with Crippen molar-refractivity contribution in [1.29, 1.82) is 0 Å². The molecular formula is C18H29N3. The molecule has 3 nitrogen and oxygen atoms in total. The van der Waals surface area contributed by atoms with Crippen molar-refractivity contribution in [2.75, 3.05) is 0 Å². The fourth-order valence-electron chi connectivity index (χ4n) is 3.42. The molecule has 0 amide bonds. The second kappa shape index (κ2) is 6.18. The van der Waals surface area contributed by atoms with Gasteiger partial charge in [-0.3, -0.25) is 4.68 Å². The number of nitrogens with two attached hydrogens (primary N) is 1. The second-order valence-corrected chi connectivity index (χ2v) is 7.66. The molecule has 3 heteroatoms. The zero-order valence-corrected chi connectivity index (χ0v) is 14.1. The normalized spacial score (nSPS) is 15.3. The van der Waals surface area contributed by atoms with Crippen molar-refractivity contribution < 1.29 is 0 Å². The van der Waals surface area contributed by atoms with Crippen LogP contribution in [-0.4, -0.2) is 15.8 Å². The van der Waals surface area contributed by atoms with Crippen LogP contribution in [0, 0.1) is 11.3 Å². The number of hydrogen-bond acceptors (Lipinski definition) is 2. The Hall–Kier alpha value is -1.35. The smallest absolute Gasteiger partial charge is 0.0718 e. The molecule has 1 heterocycles. The highest BCUT2D eigenvalue weighted by molar-refractivity contribution is 5.81. The summed E-state index contributed by atoms with van der Waals surface area (Å²) >= 11 is 0. The molecule has 0 saturated carbocycles. The van der Waals surface area contributed by atoms with Gasteiger partial charge < -0.3 is 5.73 Å². The van der Waals surface area contributed by atoms with Crippen molar-refractivity contribution in [2.45, 2.75) is 53.0 Å². The number of aromatic nitrogens is 2. The molecule has 0 fully saturated rings. The molecule has 116 valence electrons. The minimum atomic E-state index is 0.181. The SMILES string of the molecule is CC(CC(N)Cc1nn(C)c2ccccc12)CC(C)(C)C. The van der Waals surface area contributed by atoms with E-state index in [0.717, 1.165) is 18.5 Å². The van der Waals surface area contributed by atoms with Crippen molar-refractivity contribution in [1.82, 2.24) is 9.78 Å². The molecule has 0 aliphatic carbocycles. The summed E-state index contributed by atoms with van der Waals surface area (Å²) in [4.78, 5) is 0. The number of para-hydroxylation sites is 1. The first-order chi connectivity index (χ1) is 9.76. The van der Waals surface area contributed by atoms with Crippen LogP contribution >= 0.6 is 0 Å². The summed E-state index contributed by atoms with van der Waals surface area (Å²) in [6, 6.07) is 8.56. The molecule has 2 N–H and O–H groups in total. The van der Waals surface area contributed by atoms with Gasteiger partial charge in [0, 0.05) is 24.9 Å². The van der Waals surface area contributed by atoms with Gasteiger partial charge in [0.2, 0.25) is 0 Å². The zero-order chi connectivity index (χ0) is 15.6. The van der Waals surface area contributed by atoms with Gasteiger partial charge in [-0.25, -0.2) is 0 Å². The Morgan fingerprint density at radius 1 is 1.24 bits per heavy atom. The maximum Gasteiger partial charge on any atom is 0.0718 e. The van der Waals surface area contributed by atoms with Crippen molar-refractivity contribution in [2.24, 2.45) is 24.1 Å². The molecule has 2 aromatic rings. The Balaban J connectivity index is 2.03. The van der Waals surface area contributed by atoms with Crippen molar-refractivity contribution in [3.8, 4) is 0 Å². The van der Waals surface area contributed by atoms with Gasteiger partial charge in [0.1, 0.15) is 0 Å². The van der Waals surface area contributed by atoms with E-state index in [4.69, 9.17) is 5.73 Å². The lowest BCUT2D eigenvalue weighted by molar-refractivity contribution is 0.285. The molecule has 21 heavy (non-hydrogen) atoms. The average Bonchev–Trinajstić information content (AvgIpc) is 2.64. The van der Waals surface area contributed by atoms with Gasteiger partial charge in [0.25, 0.3) is 0 Å². The van der Waals surface area contributed by atoms with E-state index in [1.54, 1.807) is 0 Å². The largest absolute Gasteiger partial charge is 0.327 e. The van der Waals surface area contributed by atoms with Gasteiger partial charge >= 0.3 is 0 Å². The molecule has 2 rings (SSSR count). The standard InChI is InChI=1S/C18H29N3/c1-13(12-18(2,3)4)10-14(19)11-16-15-8-6-7-9-17(15)21(5)20-16/h6-9,13-14H,10-12,19H2,1-5H3. The lowest BCUT2D eigenvalue weighted by Gasteiger charge is -2.25. The van der Waals surface area contributed by atoms with Gasteiger partial charge in [-0.2, -0.15) is 5.10 Å². The van der Waals surface area contributed by atoms with E-state index >= 15 is 0 Å². The van der Waals surface area contributed by atoms with Gasteiger partial charge in [0.05, 0.1) is 11.2 Å². The summed E-state index contributed by atoms with van der Waals surface area (Å²) in [5, 5.41) is 5.88.